The minimum atomic E-state index is 1.09. The van der Waals surface area contributed by atoms with Gasteiger partial charge in [0.2, 0.25) is 0 Å². The van der Waals surface area contributed by atoms with Crippen LogP contribution in [0.25, 0.3) is 97.0 Å². The Kier molecular flexibility index (Phi) is 8.76. The first kappa shape index (κ1) is 36.1. The quantitative estimate of drug-likeness (QED) is 0.155. The monoisotopic (exact) mass is 805 g/mol. The highest BCUT2D eigenvalue weighted by molar-refractivity contribution is 7.25. The zero-order valence-corrected chi connectivity index (χ0v) is 34.7. The van der Waals surface area contributed by atoms with Crippen LogP contribution in [0.5, 0.6) is 0 Å². The second-order valence-electron chi connectivity index (χ2n) is 16.0. The summed E-state index contributed by atoms with van der Waals surface area (Å²) >= 11 is 1.87. The fraction of sp³-hybridized carbons (Fsp3) is 0. The summed E-state index contributed by atoms with van der Waals surface area (Å²) < 4.78 is 2.60. The fourth-order valence-electron chi connectivity index (χ4n) is 9.55. The summed E-state index contributed by atoms with van der Waals surface area (Å²) in [5.41, 5.74) is 12.9. The van der Waals surface area contributed by atoms with E-state index in [1.54, 1.807) is 0 Å². The first-order valence-electron chi connectivity index (χ1n) is 21.2. The summed E-state index contributed by atoms with van der Waals surface area (Å²) in [5.74, 6) is 0. The lowest BCUT2D eigenvalue weighted by Crippen LogP contribution is -2.12. The molecule has 2 heteroatoms. The predicted molar refractivity (Wildman–Crippen MR) is 268 cm³/mol. The number of anilines is 3. The standard InChI is InChI=1S/C60H39NS/c1-2-16-41(17-3-1)50-35-36-56(53-25-9-8-24-52(50)53)61(47-22-12-21-44(38-47)49-27-13-20-42-18-6-7-23-48(42)49)57-29-14-28-51(60(57)46-32-31-40-15-4-5-19-43(40)37-46)45-33-34-55-54-26-10-11-30-58(54)62-59(55)39-45/h1-39H. The average Bonchev–Trinajstić information content (AvgIpc) is 3.72. The molecule has 0 fully saturated rings. The van der Waals surface area contributed by atoms with Crippen LogP contribution in [-0.4, -0.2) is 0 Å². The maximum absolute atomic E-state index is 2.51. The zero-order chi connectivity index (χ0) is 41.0. The highest BCUT2D eigenvalue weighted by atomic mass is 32.1. The maximum atomic E-state index is 2.51. The Morgan fingerprint density at radius 2 is 0.887 bits per heavy atom. The minimum absolute atomic E-state index is 1.09. The second kappa shape index (κ2) is 15.0. The van der Waals surface area contributed by atoms with Crippen LogP contribution in [0.15, 0.2) is 237 Å². The molecule has 0 atom stereocenters. The van der Waals surface area contributed by atoms with Crippen molar-refractivity contribution in [3.8, 4) is 44.5 Å². The normalized spacial score (nSPS) is 11.5. The molecule has 12 aromatic rings. The van der Waals surface area contributed by atoms with Crippen molar-refractivity contribution in [1.29, 1.82) is 0 Å². The summed E-state index contributed by atoms with van der Waals surface area (Å²) in [4.78, 5) is 2.51. The van der Waals surface area contributed by atoms with Gasteiger partial charge in [0.1, 0.15) is 0 Å². The Labute approximate surface area is 365 Å². The number of thiophene rings is 1. The molecule has 62 heavy (non-hydrogen) atoms. The fourth-order valence-corrected chi connectivity index (χ4v) is 10.7. The molecule has 1 heterocycles. The molecule has 0 saturated carbocycles. The Morgan fingerprint density at radius 3 is 1.77 bits per heavy atom. The predicted octanol–water partition coefficient (Wildman–Crippen LogP) is 17.7. The molecule has 0 N–H and O–H groups in total. The molecule has 1 aromatic heterocycles. The van der Waals surface area contributed by atoms with Gasteiger partial charge in [0.15, 0.2) is 0 Å². The lowest BCUT2D eigenvalue weighted by molar-refractivity contribution is 1.30. The van der Waals surface area contributed by atoms with Crippen molar-refractivity contribution in [1.82, 2.24) is 0 Å². The van der Waals surface area contributed by atoms with Gasteiger partial charge in [-0.15, -0.1) is 11.3 Å². The third-order valence-electron chi connectivity index (χ3n) is 12.4. The summed E-state index contributed by atoms with van der Waals surface area (Å²) in [5, 5.41) is 9.93. The molecule has 290 valence electrons. The number of hydrogen-bond acceptors (Lipinski definition) is 2. The summed E-state index contributed by atoms with van der Waals surface area (Å²) in [7, 11) is 0. The summed E-state index contributed by atoms with van der Waals surface area (Å²) in [6, 6.07) is 87.0. The molecular formula is C60H39NS. The van der Waals surface area contributed by atoms with Gasteiger partial charge >= 0.3 is 0 Å². The van der Waals surface area contributed by atoms with Gasteiger partial charge in [-0.3, -0.25) is 0 Å². The highest BCUT2D eigenvalue weighted by Gasteiger charge is 2.24. The molecule has 0 aliphatic carbocycles. The van der Waals surface area contributed by atoms with Crippen LogP contribution in [0, 0.1) is 0 Å². The van der Waals surface area contributed by atoms with Gasteiger partial charge in [-0.1, -0.05) is 194 Å². The van der Waals surface area contributed by atoms with Gasteiger partial charge in [0, 0.05) is 36.8 Å². The average molecular weight is 806 g/mol. The van der Waals surface area contributed by atoms with E-state index < -0.39 is 0 Å². The third kappa shape index (κ3) is 6.15. The number of hydrogen-bond donors (Lipinski definition) is 0. The second-order valence-corrected chi connectivity index (χ2v) is 17.1. The molecule has 1 nitrogen and oxygen atoms in total. The van der Waals surface area contributed by atoms with E-state index in [-0.39, 0.29) is 0 Å². The van der Waals surface area contributed by atoms with Crippen LogP contribution in [0.4, 0.5) is 17.1 Å². The summed E-state index contributed by atoms with van der Waals surface area (Å²) in [6.45, 7) is 0. The van der Waals surface area contributed by atoms with Crippen molar-refractivity contribution in [2.75, 3.05) is 4.90 Å². The molecule has 11 aromatic carbocycles. The maximum Gasteiger partial charge on any atom is 0.0546 e. The van der Waals surface area contributed by atoms with Gasteiger partial charge < -0.3 is 4.90 Å². The van der Waals surface area contributed by atoms with E-state index in [0.29, 0.717) is 0 Å². The minimum Gasteiger partial charge on any atom is -0.309 e. The van der Waals surface area contributed by atoms with E-state index >= 15 is 0 Å². The van der Waals surface area contributed by atoms with Crippen LogP contribution < -0.4 is 4.90 Å². The van der Waals surface area contributed by atoms with E-state index in [4.69, 9.17) is 0 Å². The largest absolute Gasteiger partial charge is 0.309 e. The van der Waals surface area contributed by atoms with Crippen LogP contribution >= 0.6 is 11.3 Å². The van der Waals surface area contributed by atoms with E-state index in [1.807, 2.05) is 11.3 Å². The number of benzene rings is 11. The lowest BCUT2D eigenvalue weighted by atomic mass is 9.90. The molecule has 0 spiro atoms. The Hall–Kier alpha value is -7.78. The molecule has 0 unspecified atom stereocenters. The number of rotatable bonds is 7. The van der Waals surface area contributed by atoms with Gasteiger partial charge in [0.05, 0.1) is 11.4 Å². The van der Waals surface area contributed by atoms with Crippen molar-refractivity contribution < 1.29 is 0 Å². The van der Waals surface area contributed by atoms with E-state index in [9.17, 15) is 0 Å². The Balaban J connectivity index is 1.16. The summed E-state index contributed by atoms with van der Waals surface area (Å²) in [6.07, 6.45) is 0. The lowest BCUT2D eigenvalue weighted by Gasteiger charge is -2.31. The van der Waals surface area contributed by atoms with Crippen LogP contribution in [0.2, 0.25) is 0 Å². The van der Waals surface area contributed by atoms with Crippen LogP contribution in [0.1, 0.15) is 0 Å². The number of fused-ring (bicyclic) bond motifs is 6. The molecule has 0 aliphatic heterocycles. The number of nitrogens with zero attached hydrogens (tertiary/aromatic N) is 1. The molecular weight excluding hydrogens is 767 g/mol. The third-order valence-corrected chi connectivity index (χ3v) is 13.6. The SMILES string of the molecule is c1ccc(-c2ccc(N(c3cccc(-c4cccc5ccccc45)c3)c3cccc(-c4ccc5c(c4)sc4ccccc45)c3-c3ccc4ccccc4c3)c3ccccc23)cc1. The van der Waals surface area contributed by atoms with E-state index in [0.717, 1.165) is 17.1 Å². The van der Waals surface area contributed by atoms with E-state index in [2.05, 4.69) is 241 Å². The van der Waals surface area contributed by atoms with Gasteiger partial charge in [0.25, 0.3) is 0 Å². The highest BCUT2D eigenvalue weighted by Crippen LogP contribution is 2.50. The Bertz CT molecular complexity index is 3650. The van der Waals surface area contributed by atoms with Gasteiger partial charge in [-0.05, 0) is 108 Å². The van der Waals surface area contributed by atoms with Crippen molar-refractivity contribution in [3.05, 3.63) is 237 Å². The topological polar surface area (TPSA) is 3.24 Å². The molecule has 0 amide bonds. The molecule has 0 saturated heterocycles. The molecule has 12 rings (SSSR count). The Morgan fingerprint density at radius 1 is 0.274 bits per heavy atom. The molecule has 0 bridgehead atoms. The van der Waals surface area contributed by atoms with Crippen molar-refractivity contribution in [2.24, 2.45) is 0 Å². The van der Waals surface area contributed by atoms with Gasteiger partial charge in [-0.25, -0.2) is 0 Å². The smallest absolute Gasteiger partial charge is 0.0546 e. The van der Waals surface area contributed by atoms with Crippen LogP contribution in [0.3, 0.4) is 0 Å². The van der Waals surface area contributed by atoms with Crippen LogP contribution in [-0.2, 0) is 0 Å². The first-order chi connectivity index (χ1) is 30.7. The van der Waals surface area contributed by atoms with Crippen molar-refractivity contribution >= 4 is 80.9 Å². The first-order valence-corrected chi connectivity index (χ1v) is 22.1. The van der Waals surface area contributed by atoms with Crippen molar-refractivity contribution in [3.63, 3.8) is 0 Å². The zero-order valence-electron chi connectivity index (χ0n) is 33.9. The molecule has 0 aliphatic rings. The van der Waals surface area contributed by atoms with E-state index in [1.165, 1.54) is 97.0 Å². The van der Waals surface area contributed by atoms with Crippen molar-refractivity contribution in [2.45, 2.75) is 0 Å². The van der Waals surface area contributed by atoms with Gasteiger partial charge in [-0.2, -0.15) is 0 Å². The molecule has 0 radical (unpaired) electrons.